The third kappa shape index (κ3) is 3.41. The Morgan fingerprint density at radius 1 is 1.00 bits per heavy atom. The molecule has 2 saturated heterocycles. The van der Waals surface area contributed by atoms with Crippen LogP contribution < -0.4 is 5.56 Å². The van der Waals surface area contributed by atoms with E-state index in [4.69, 9.17) is 14.2 Å². The number of ether oxygens (including phenoxy) is 3. The maximum Gasteiger partial charge on any atom is 0.278 e. The number of nitrogens with zero attached hydrogens (tertiary/aromatic N) is 3. The van der Waals surface area contributed by atoms with E-state index >= 15 is 0 Å². The fraction of sp³-hybridized carbons (Fsp3) is 0.688. The standard InChI is InChI=1S/C16H22N4O10/c21-1-5-8(23)9(24)10(25)16(29-5)30-12-6(2-22)28-15(11(12)26)20-4-19-7-13(20)17-3-18-14(7)27/h3-6,8-12,15-16,21-26H,1-2H2,(H,17,18,27)/t5-,6+,8-,9+,10-,11+,12+,15+,16-/m0/s1. The summed E-state index contributed by atoms with van der Waals surface area (Å²) in [5.74, 6) is 0. The van der Waals surface area contributed by atoms with Gasteiger partial charge in [0.15, 0.2) is 23.7 Å². The van der Waals surface area contributed by atoms with Gasteiger partial charge in [0.05, 0.1) is 25.9 Å². The van der Waals surface area contributed by atoms with E-state index in [-0.39, 0.29) is 11.2 Å². The number of aliphatic hydroxyl groups excluding tert-OH is 6. The summed E-state index contributed by atoms with van der Waals surface area (Å²) in [6.45, 7) is -1.22. The second-order valence-corrected chi connectivity index (χ2v) is 7.09. The molecule has 0 saturated carbocycles. The fourth-order valence-corrected chi connectivity index (χ4v) is 3.65. The molecule has 0 aromatic carbocycles. The first kappa shape index (κ1) is 21.2. The Morgan fingerprint density at radius 2 is 1.73 bits per heavy atom. The van der Waals surface area contributed by atoms with Gasteiger partial charge in [-0.3, -0.25) is 9.36 Å². The maximum absolute atomic E-state index is 11.8. The second-order valence-electron chi connectivity index (χ2n) is 7.09. The quantitative estimate of drug-likeness (QED) is 0.239. The first-order chi connectivity index (χ1) is 14.4. The maximum atomic E-state index is 11.8. The van der Waals surface area contributed by atoms with E-state index in [1.807, 2.05) is 0 Å². The molecule has 2 aliphatic rings. The molecule has 9 atom stereocenters. The van der Waals surface area contributed by atoms with Crippen LogP contribution in [0, 0.1) is 0 Å². The van der Waals surface area contributed by atoms with Gasteiger partial charge in [0.2, 0.25) is 0 Å². The molecule has 0 radical (unpaired) electrons. The number of nitrogens with one attached hydrogen (secondary N) is 1. The highest BCUT2D eigenvalue weighted by Crippen LogP contribution is 2.35. The van der Waals surface area contributed by atoms with Gasteiger partial charge >= 0.3 is 0 Å². The molecule has 166 valence electrons. The summed E-state index contributed by atoms with van der Waals surface area (Å²) >= 11 is 0. The minimum Gasteiger partial charge on any atom is -0.394 e. The predicted molar refractivity (Wildman–Crippen MR) is 93.8 cm³/mol. The van der Waals surface area contributed by atoms with E-state index in [1.54, 1.807) is 0 Å². The molecule has 0 unspecified atom stereocenters. The molecule has 0 amide bonds. The van der Waals surface area contributed by atoms with Crippen molar-refractivity contribution in [3.63, 3.8) is 0 Å². The van der Waals surface area contributed by atoms with Crippen LogP contribution in [-0.4, -0.2) is 112 Å². The van der Waals surface area contributed by atoms with Crippen molar-refractivity contribution in [3.05, 3.63) is 23.0 Å². The minimum absolute atomic E-state index is 0.0205. The van der Waals surface area contributed by atoms with Crippen LogP contribution in [0.3, 0.4) is 0 Å². The van der Waals surface area contributed by atoms with Crippen molar-refractivity contribution in [1.82, 2.24) is 19.5 Å². The number of aromatic amines is 1. The van der Waals surface area contributed by atoms with E-state index in [9.17, 15) is 35.4 Å². The molecule has 2 aliphatic heterocycles. The highest BCUT2D eigenvalue weighted by atomic mass is 16.7. The van der Waals surface area contributed by atoms with Gasteiger partial charge in [-0.1, -0.05) is 0 Å². The normalized spacial score (nSPS) is 39.6. The minimum atomic E-state index is -1.69. The number of rotatable bonds is 5. The fourth-order valence-electron chi connectivity index (χ4n) is 3.65. The molecule has 0 bridgehead atoms. The van der Waals surface area contributed by atoms with Crippen molar-refractivity contribution in [2.24, 2.45) is 0 Å². The summed E-state index contributed by atoms with van der Waals surface area (Å²) in [6, 6.07) is 0. The predicted octanol–water partition coefficient (Wildman–Crippen LogP) is -4.44. The van der Waals surface area contributed by atoms with Gasteiger partial charge in [0, 0.05) is 0 Å². The van der Waals surface area contributed by atoms with Crippen LogP contribution >= 0.6 is 0 Å². The summed E-state index contributed by atoms with van der Waals surface area (Å²) in [6.07, 6.45) is -10.1. The van der Waals surface area contributed by atoms with Crippen molar-refractivity contribution >= 4 is 11.2 Å². The first-order valence-corrected chi connectivity index (χ1v) is 9.18. The summed E-state index contributed by atoms with van der Waals surface area (Å²) in [5, 5.41) is 59.7. The van der Waals surface area contributed by atoms with E-state index in [1.165, 1.54) is 10.9 Å². The summed E-state index contributed by atoms with van der Waals surface area (Å²) in [7, 11) is 0. The highest BCUT2D eigenvalue weighted by Gasteiger charge is 2.51. The van der Waals surface area contributed by atoms with Gasteiger partial charge in [-0.25, -0.2) is 9.97 Å². The Labute approximate surface area is 167 Å². The zero-order valence-corrected chi connectivity index (χ0v) is 15.4. The lowest BCUT2D eigenvalue weighted by atomic mass is 9.99. The molecule has 2 aromatic heterocycles. The van der Waals surface area contributed by atoms with Crippen LogP contribution in [-0.2, 0) is 14.2 Å². The lowest BCUT2D eigenvalue weighted by Gasteiger charge is -2.41. The van der Waals surface area contributed by atoms with E-state index in [2.05, 4.69) is 15.0 Å². The Morgan fingerprint density at radius 3 is 2.43 bits per heavy atom. The van der Waals surface area contributed by atoms with Crippen molar-refractivity contribution in [3.8, 4) is 0 Å². The number of aliphatic hydroxyl groups is 6. The van der Waals surface area contributed by atoms with Crippen molar-refractivity contribution in [2.45, 2.75) is 55.2 Å². The molecule has 14 nitrogen and oxygen atoms in total. The van der Waals surface area contributed by atoms with Crippen LogP contribution in [0.4, 0.5) is 0 Å². The molecule has 2 aromatic rings. The SMILES string of the molecule is O=c1[nH]cnc2c1ncn2[C@@H]1O[C@H](CO)[C@@H](O[C@@H]2O[C@@H](CO)[C@H](O)[C@@H](O)[C@@H]2O)[C@H]1O. The number of hydrogen-bond donors (Lipinski definition) is 7. The van der Waals surface area contributed by atoms with Crippen molar-refractivity contribution < 1.29 is 44.8 Å². The molecule has 4 rings (SSSR count). The van der Waals surface area contributed by atoms with Crippen LogP contribution in [0.1, 0.15) is 6.23 Å². The Balaban J connectivity index is 1.58. The molecule has 4 heterocycles. The number of H-pyrrole nitrogens is 1. The third-order valence-electron chi connectivity index (χ3n) is 5.27. The summed E-state index contributed by atoms with van der Waals surface area (Å²) in [4.78, 5) is 22.2. The van der Waals surface area contributed by atoms with Gasteiger partial charge in [0.1, 0.15) is 42.7 Å². The van der Waals surface area contributed by atoms with Crippen LogP contribution in [0.2, 0.25) is 0 Å². The Bertz CT molecular complexity index is 934. The van der Waals surface area contributed by atoms with Crippen LogP contribution in [0.5, 0.6) is 0 Å². The second kappa shape index (κ2) is 8.26. The first-order valence-electron chi connectivity index (χ1n) is 9.18. The van der Waals surface area contributed by atoms with Gasteiger partial charge in [-0.05, 0) is 0 Å². The molecule has 30 heavy (non-hydrogen) atoms. The molecule has 0 spiro atoms. The average Bonchev–Trinajstić information content (AvgIpc) is 3.30. The third-order valence-corrected chi connectivity index (χ3v) is 5.27. The lowest BCUT2D eigenvalue weighted by molar-refractivity contribution is -0.318. The Kier molecular flexibility index (Phi) is 5.84. The smallest absolute Gasteiger partial charge is 0.278 e. The zero-order chi connectivity index (χ0) is 21.6. The van der Waals surface area contributed by atoms with Crippen LogP contribution in [0.15, 0.2) is 17.4 Å². The molecule has 0 aliphatic carbocycles. The number of aromatic nitrogens is 4. The topological polar surface area (TPSA) is 213 Å². The Hall–Kier alpha value is -2.01. The molecular formula is C16H22N4O10. The van der Waals surface area contributed by atoms with Gasteiger partial charge in [-0.2, -0.15) is 0 Å². The van der Waals surface area contributed by atoms with E-state index in [0.29, 0.717) is 0 Å². The monoisotopic (exact) mass is 430 g/mol. The molecule has 2 fully saturated rings. The van der Waals surface area contributed by atoms with Crippen LogP contribution in [0.25, 0.3) is 11.2 Å². The summed E-state index contributed by atoms with van der Waals surface area (Å²) in [5.41, 5.74) is -0.334. The number of imidazole rings is 1. The molecular weight excluding hydrogens is 408 g/mol. The molecule has 14 heteroatoms. The lowest BCUT2D eigenvalue weighted by Crippen LogP contribution is -2.60. The van der Waals surface area contributed by atoms with E-state index < -0.39 is 74.0 Å². The van der Waals surface area contributed by atoms with Gasteiger partial charge in [0.25, 0.3) is 5.56 Å². The average molecular weight is 430 g/mol. The highest BCUT2D eigenvalue weighted by molar-refractivity contribution is 5.68. The number of fused-ring (bicyclic) bond motifs is 1. The van der Waals surface area contributed by atoms with Gasteiger partial charge in [-0.15, -0.1) is 0 Å². The summed E-state index contributed by atoms with van der Waals surface area (Å²) < 4.78 is 17.8. The van der Waals surface area contributed by atoms with Gasteiger partial charge < -0.3 is 49.8 Å². The molecule has 7 N–H and O–H groups in total. The van der Waals surface area contributed by atoms with Crippen molar-refractivity contribution in [1.29, 1.82) is 0 Å². The van der Waals surface area contributed by atoms with Crippen molar-refractivity contribution in [2.75, 3.05) is 13.2 Å². The largest absolute Gasteiger partial charge is 0.394 e. The zero-order valence-electron chi connectivity index (χ0n) is 15.4. The number of hydrogen-bond acceptors (Lipinski definition) is 12. The van der Waals surface area contributed by atoms with E-state index in [0.717, 1.165) is 6.33 Å².